The van der Waals surface area contributed by atoms with Crippen molar-refractivity contribution in [2.45, 2.75) is 23.9 Å². The van der Waals surface area contributed by atoms with Crippen LogP contribution >= 0.6 is 0 Å². The van der Waals surface area contributed by atoms with Crippen molar-refractivity contribution in [1.82, 2.24) is 19.8 Å². The van der Waals surface area contributed by atoms with E-state index in [-0.39, 0.29) is 17.0 Å². The lowest BCUT2D eigenvalue weighted by Gasteiger charge is -2.37. The number of morpholine rings is 2. The summed E-state index contributed by atoms with van der Waals surface area (Å²) in [6.45, 7) is 7.09. The Morgan fingerprint density at radius 2 is 1.61 bits per heavy atom. The first-order valence-corrected chi connectivity index (χ1v) is 13.1. The highest BCUT2D eigenvalue weighted by molar-refractivity contribution is 7.89. The van der Waals surface area contributed by atoms with E-state index in [1.165, 1.54) is 4.31 Å². The van der Waals surface area contributed by atoms with Crippen LogP contribution < -0.4 is 10.6 Å². The Balaban J connectivity index is 1.26. The van der Waals surface area contributed by atoms with Gasteiger partial charge in [0.15, 0.2) is 0 Å². The molecule has 2 amide bonds. The smallest absolute Gasteiger partial charge is 0.315 e. The van der Waals surface area contributed by atoms with Crippen molar-refractivity contribution in [3.63, 3.8) is 0 Å². The normalized spacial score (nSPS) is 23.8. The zero-order valence-electron chi connectivity index (χ0n) is 18.9. The minimum absolute atomic E-state index is 0.229. The van der Waals surface area contributed by atoms with Crippen molar-refractivity contribution in [3.8, 4) is 0 Å². The first kappa shape index (κ1) is 24.4. The van der Waals surface area contributed by atoms with Gasteiger partial charge in [-0.1, -0.05) is 12.1 Å². The number of carbonyl (C=O) groups excluding carboxylic acids is 1. The van der Waals surface area contributed by atoms with E-state index in [1.807, 2.05) is 0 Å². The molecule has 0 radical (unpaired) electrons. The van der Waals surface area contributed by atoms with Crippen LogP contribution in [0.3, 0.4) is 0 Å². The number of ether oxygens (including phenoxy) is 3. The molecule has 4 rings (SSSR count). The molecule has 3 fully saturated rings. The Bertz CT molecular complexity index is 863. The van der Waals surface area contributed by atoms with Crippen molar-refractivity contribution in [2.24, 2.45) is 5.92 Å². The van der Waals surface area contributed by atoms with Crippen LogP contribution in [-0.4, -0.2) is 102 Å². The molecular weight excluding hydrogens is 448 g/mol. The van der Waals surface area contributed by atoms with E-state index in [2.05, 4.69) is 15.5 Å². The molecule has 2 N–H and O–H groups in total. The second kappa shape index (κ2) is 11.6. The summed E-state index contributed by atoms with van der Waals surface area (Å²) in [6.07, 6.45) is 1.00. The number of hydrogen-bond acceptors (Lipinski definition) is 7. The van der Waals surface area contributed by atoms with Crippen molar-refractivity contribution >= 4 is 16.1 Å². The lowest BCUT2D eigenvalue weighted by atomic mass is 9.97. The standard InChI is InChI=1S/C22H34N4O6S/c27-22(24-16-21(19-5-10-32-17-19)25-6-11-30-12-7-25)23-15-18-1-3-20(4-2-18)33(28,29)26-8-13-31-14-9-26/h1-4,19,21H,5-17H2,(H2,23,24,27)/t19-,21+/m1/s1. The van der Waals surface area contributed by atoms with Gasteiger partial charge in [0, 0.05) is 57.8 Å². The Labute approximate surface area is 195 Å². The molecule has 184 valence electrons. The molecule has 0 saturated carbocycles. The summed E-state index contributed by atoms with van der Waals surface area (Å²) in [7, 11) is -3.52. The van der Waals surface area contributed by atoms with Gasteiger partial charge in [0.1, 0.15) is 0 Å². The highest BCUT2D eigenvalue weighted by Gasteiger charge is 2.31. The van der Waals surface area contributed by atoms with E-state index in [9.17, 15) is 13.2 Å². The minimum Gasteiger partial charge on any atom is -0.381 e. The van der Waals surface area contributed by atoms with Gasteiger partial charge in [-0.15, -0.1) is 0 Å². The zero-order chi connectivity index (χ0) is 23.1. The van der Waals surface area contributed by atoms with Crippen LogP contribution in [0.4, 0.5) is 4.79 Å². The number of amides is 2. The fourth-order valence-electron chi connectivity index (χ4n) is 4.52. The Hall–Kier alpha value is -1.76. The fourth-order valence-corrected chi connectivity index (χ4v) is 5.92. The number of urea groups is 1. The third kappa shape index (κ3) is 6.43. The maximum Gasteiger partial charge on any atom is 0.315 e. The van der Waals surface area contributed by atoms with Crippen LogP contribution in [0.2, 0.25) is 0 Å². The number of rotatable bonds is 8. The van der Waals surface area contributed by atoms with Gasteiger partial charge in [-0.25, -0.2) is 13.2 Å². The van der Waals surface area contributed by atoms with Crippen molar-refractivity contribution < 1.29 is 27.4 Å². The van der Waals surface area contributed by atoms with Gasteiger partial charge in [-0.05, 0) is 24.1 Å². The summed E-state index contributed by atoms with van der Waals surface area (Å²) in [6, 6.07) is 6.65. The zero-order valence-corrected chi connectivity index (χ0v) is 19.7. The van der Waals surface area contributed by atoms with E-state index in [1.54, 1.807) is 24.3 Å². The molecule has 3 aliphatic rings. The highest BCUT2D eigenvalue weighted by Crippen LogP contribution is 2.22. The van der Waals surface area contributed by atoms with Gasteiger partial charge < -0.3 is 24.8 Å². The maximum absolute atomic E-state index is 12.7. The molecule has 1 aromatic rings. The molecule has 3 heterocycles. The molecule has 10 nitrogen and oxygen atoms in total. The van der Waals surface area contributed by atoms with Crippen LogP contribution in [0.5, 0.6) is 0 Å². The number of nitrogens with one attached hydrogen (secondary N) is 2. The SMILES string of the molecule is O=C(NCc1ccc(S(=O)(=O)N2CCOCC2)cc1)NC[C@@H]([C@@H]1CCOC1)N1CCOCC1. The van der Waals surface area contributed by atoms with E-state index in [0.717, 1.165) is 38.3 Å². The average molecular weight is 483 g/mol. The maximum atomic E-state index is 12.7. The molecule has 1 aromatic carbocycles. The monoisotopic (exact) mass is 482 g/mol. The van der Waals surface area contributed by atoms with Crippen molar-refractivity contribution in [3.05, 3.63) is 29.8 Å². The van der Waals surface area contributed by atoms with Gasteiger partial charge >= 0.3 is 6.03 Å². The molecule has 11 heteroatoms. The first-order valence-electron chi connectivity index (χ1n) is 11.6. The molecule has 0 aromatic heterocycles. The summed E-state index contributed by atoms with van der Waals surface area (Å²) in [4.78, 5) is 15.1. The minimum atomic E-state index is -3.52. The summed E-state index contributed by atoms with van der Waals surface area (Å²) in [5.41, 5.74) is 0.833. The molecule has 33 heavy (non-hydrogen) atoms. The predicted octanol–water partition coefficient (Wildman–Crippen LogP) is 0.244. The third-order valence-electron chi connectivity index (χ3n) is 6.48. The van der Waals surface area contributed by atoms with E-state index in [0.29, 0.717) is 58.5 Å². The Morgan fingerprint density at radius 3 is 2.24 bits per heavy atom. The van der Waals surface area contributed by atoms with Gasteiger partial charge in [-0.3, -0.25) is 4.90 Å². The third-order valence-corrected chi connectivity index (χ3v) is 8.39. The summed E-state index contributed by atoms with van der Waals surface area (Å²) < 4.78 is 43.2. The number of hydrogen-bond donors (Lipinski definition) is 2. The summed E-state index contributed by atoms with van der Waals surface area (Å²) in [5.74, 6) is 0.407. The molecule has 3 saturated heterocycles. The molecule has 2 atom stereocenters. The van der Waals surface area contributed by atoms with Crippen LogP contribution in [-0.2, 0) is 30.8 Å². The van der Waals surface area contributed by atoms with E-state index < -0.39 is 10.0 Å². The van der Waals surface area contributed by atoms with Crippen LogP contribution in [0.25, 0.3) is 0 Å². The van der Waals surface area contributed by atoms with Crippen LogP contribution in [0, 0.1) is 5.92 Å². The first-order chi connectivity index (χ1) is 16.0. The highest BCUT2D eigenvalue weighted by atomic mass is 32.2. The lowest BCUT2D eigenvalue weighted by molar-refractivity contribution is 0.00212. The van der Waals surface area contributed by atoms with Gasteiger partial charge in [0.2, 0.25) is 10.0 Å². The molecule has 0 unspecified atom stereocenters. The topological polar surface area (TPSA) is 109 Å². The summed E-state index contributed by atoms with van der Waals surface area (Å²) >= 11 is 0. The van der Waals surface area contributed by atoms with Crippen LogP contribution in [0.1, 0.15) is 12.0 Å². The van der Waals surface area contributed by atoms with Gasteiger partial charge in [0.05, 0.1) is 37.9 Å². The molecule has 0 aliphatic carbocycles. The van der Waals surface area contributed by atoms with E-state index >= 15 is 0 Å². The fraction of sp³-hybridized carbons (Fsp3) is 0.682. The van der Waals surface area contributed by atoms with E-state index in [4.69, 9.17) is 14.2 Å². The lowest BCUT2D eigenvalue weighted by Crippen LogP contribution is -2.53. The average Bonchev–Trinajstić information content (AvgIpc) is 3.39. The predicted molar refractivity (Wildman–Crippen MR) is 121 cm³/mol. The number of sulfonamides is 1. The molecule has 0 spiro atoms. The van der Waals surface area contributed by atoms with Crippen molar-refractivity contribution in [2.75, 3.05) is 72.4 Å². The van der Waals surface area contributed by atoms with Gasteiger partial charge in [0.25, 0.3) is 0 Å². The second-order valence-electron chi connectivity index (χ2n) is 8.56. The quantitative estimate of drug-likeness (QED) is 0.546. The summed E-state index contributed by atoms with van der Waals surface area (Å²) in [5, 5.41) is 5.87. The molecule has 3 aliphatic heterocycles. The Morgan fingerprint density at radius 1 is 0.939 bits per heavy atom. The largest absolute Gasteiger partial charge is 0.381 e. The van der Waals surface area contributed by atoms with Crippen LogP contribution in [0.15, 0.2) is 29.2 Å². The van der Waals surface area contributed by atoms with Crippen molar-refractivity contribution in [1.29, 1.82) is 0 Å². The number of benzene rings is 1. The molecular formula is C22H34N4O6S. The van der Waals surface area contributed by atoms with Gasteiger partial charge in [-0.2, -0.15) is 4.31 Å². The number of nitrogens with zero attached hydrogens (tertiary/aromatic N) is 2. The molecule has 0 bridgehead atoms. The second-order valence-corrected chi connectivity index (χ2v) is 10.5. The Kier molecular flexibility index (Phi) is 8.55. The number of carbonyl (C=O) groups is 1.